The summed E-state index contributed by atoms with van der Waals surface area (Å²) in [5, 5.41) is 0.284. The molecule has 1 atom stereocenters. The zero-order valence-corrected chi connectivity index (χ0v) is 14.9. The van der Waals surface area contributed by atoms with E-state index in [4.69, 9.17) is 0 Å². The Bertz CT molecular complexity index is 215. The number of rotatable bonds is 14. The first kappa shape index (κ1) is 20.0. The van der Waals surface area contributed by atoms with E-state index in [1.807, 2.05) is 0 Å². The molecule has 1 unspecified atom stereocenters. The van der Waals surface area contributed by atoms with Crippen LogP contribution in [0.25, 0.3) is 0 Å². The molecule has 0 N–H and O–H groups in total. The van der Waals surface area contributed by atoms with Gasteiger partial charge in [0.05, 0.1) is 0 Å². The molecule has 1 nitrogen and oxygen atoms in total. The third kappa shape index (κ3) is 14.4. The first-order valence-corrected chi connectivity index (χ1v) is 9.82. The van der Waals surface area contributed by atoms with Gasteiger partial charge in [-0.3, -0.25) is 4.79 Å². The number of thioether (sulfide) groups is 1. The highest BCUT2D eigenvalue weighted by molar-refractivity contribution is 8.13. The number of hydrogen-bond acceptors (Lipinski definition) is 2. The molecule has 0 saturated heterocycles. The highest BCUT2D eigenvalue weighted by Crippen LogP contribution is 2.23. The van der Waals surface area contributed by atoms with Gasteiger partial charge in [-0.05, 0) is 18.8 Å². The van der Waals surface area contributed by atoms with E-state index < -0.39 is 0 Å². The molecule has 0 aromatic carbocycles. The van der Waals surface area contributed by atoms with Gasteiger partial charge in [-0.2, -0.15) is 0 Å². The lowest BCUT2D eigenvalue weighted by atomic mass is 9.96. The zero-order chi connectivity index (χ0) is 15.1. The Labute approximate surface area is 131 Å². The van der Waals surface area contributed by atoms with Gasteiger partial charge in [0.25, 0.3) is 0 Å². The second-order valence-electron chi connectivity index (χ2n) is 6.07. The van der Waals surface area contributed by atoms with Crippen LogP contribution in [-0.4, -0.2) is 10.9 Å². The van der Waals surface area contributed by atoms with Crippen LogP contribution in [0.5, 0.6) is 0 Å². The molecular weight excluding hydrogens is 264 g/mol. The smallest absolute Gasteiger partial charge is 0.185 e. The quantitative estimate of drug-likeness (QED) is 0.336. The van der Waals surface area contributed by atoms with E-state index in [-0.39, 0.29) is 5.12 Å². The first-order valence-electron chi connectivity index (χ1n) is 8.84. The topological polar surface area (TPSA) is 17.1 Å². The van der Waals surface area contributed by atoms with Gasteiger partial charge in [0.1, 0.15) is 0 Å². The Morgan fingerprint density at radius 2 is 1.25 bits per heavy atom. The summed E-state index contributed by atoms with van der Waals surface area (Å²) in [6.45, 7) is 6.23. The van der Waals surface area contributed by atoms with E-state index in [0.29, 0.717) is 0 Å². The largest absolute Gasteiger partial charge is 0.288 e. The molecule has 0 aliphatic heterocycles. The van der Waals surface area contributed by atoms with Crippen LogP contribution in [0.3, 0.4) is 0 Å². The molecule has 0 bridgehead atoms. The molecule has 0 aromatic heterocycles. The Kier molecular flexibility index (Phi) is 15.4. The minimum Gasteiger partial charge on any atom is -0.288 e. The fourth-order valence-corrected chi connectivity index (χ4v) is 3.42. The van der Waals surface area contributed by atoms with Crippen LogP contribution in [-0.2, 0) is 4.79 Å². The van der Waals surface area contributed by atoms with Crippen LogP contribution in [0.2, 0.25) is 0 Å². The van der Waals surface area contributed by atoms with Crippen LogP contribution in [0.1, 0.15) is 97.8 Å². The zero-order valence-electron chi connectivity index (χ0n) is 14.1. The highest BCUT2D eigenvalue weighted by atomic mass is 32.2. The number of carbonyl (C=O) groups is 1. The number of carbonyl (C=O) groups excluding carboxylic acids is 1. The van der Waals surface area contributed by atoms with Gasteiger partial charge in [-0.25, -0.2) is 0 Å². The van der Waals surface area contributed by atoms with Crippen molar-refractivity contribution in [2.24, 2.45) is 5.92 Å². The van der Waals surface area contributed by atoms with Crippen LogP contribution >= 0.6 is 11.8 Å². The number of hydrogen-bond donors (Lipinski definition) is 0. The van der Waals surface area contributed by atoms with E-state index in [9.17, 15) is 4.79 Å². The predicted octanol–water partition coefficient (Wildman–Crippen LogP) is 6.60. The van der Waals surface area contributed by atoms with Gasteiger partial charge < -0.3 is 0 Å². The lowest BCUT2D eigenvalue weighted by molar-refractivity contribution is -0.109. The molecule has 0 heterocycles. The maximum atomic E-state index is 11.1. The average molecular weight is 301 g/mol. The summed E-state index contributed by atoms with van der Waals surface area (Å²) >= 11 is 1.54. The van der Waals surface area contributed by atoms with E-state index in [1.54, 1.807) is 6.92 Å². The van der Waals surface area contributed by atoms with Crippen LogP contribution in [0.4, 0.5) is 0 Å². The van der Waals surface area contributed by atoms with Crippen molar-refractivity contribution in [1.82, 2.24) is 0 Å². The monoisotopic (exact) mass is 300 g/mol. The van der Waals surface area contributed by atoms with Gasteiger partial charge in [-0.15, -0.1) is 0 Å². The predicted molar refractivity (Wildman–Crippen MR) is 93.4 cm³/mol. The fourth-order valence-electron chi connectivity index (χ4n) is 2.62. The molecule has 0 saturated carbocycles. The minimum absolute atomic E-state index is 0.284. The minimum atomic E-state index is 0.284. The third-order valence-corrected chi connectivity index (χ3v) is 5.00. The molecule has 0 fully saturated rings. The summed E-state index contributed by atoms with van der Waals surface area (Å²) in [7, 11) is 0. The van der Waals surface area contributed by atoms with E-state index in [1.165, 1.54) is 88.8 Å². The molecule has 20 heavy (non-hydrogen) atoms. The Morgan fingerprint density at radius 3 is 1.75 bits per heavy atom. The van der Waals surface area contributed by atoms with Gasteiger partial charge >= 0.3 is 0 Å². The maximum Gasteiger partial charge on any atom is 0.185 e. The van der Waals surface area contributed by atoms with Crippen molar-refractivity contribution >= 4 is 16.9 Å². The third-order valence-electron chi connectivity index (χ3n) is 3.95. The highest BCUT2D eigenvalue weighted by Gasteiger charge is 2.10. The standard InChI is InChI=1S/C18H36OS/c1-4-6-8-10-11-13-15-18(16-20-17(3)19)14-12-9-7-5-2/h18H,4-16H2,1-3H3. The molecule has 0 aliphatic carbocycles. The molecule has 0 radical (unpaired) electrons. The summed E-state index contributed by atoms with van der Waals surface area (Å²) in [6, 6.07) is 0. The van der Waals surface area contributed by atoms with Crippen molar-refractivity contribution in [3.63, 3.8) is 0 Å². The van der Waals surface area contributed by atoms with Crippen LogP contribution in [0, 0.1) is 5.92 Å². The molecule has 120 valence electrons. The summed E-state index contributed by atoms with van der Waals surface area (Å²) in [4.78, 5) is 11.1. The molecule has 2 heteroatoms. The SMILES string of the molecule is CCCCCCCCC(CCCCCC)CSC(C)=O. The van der Waals surface area contributed by atoms with E-state index >= 15 is 0 Å². The van der Waals surface area contributed by atoms with Gasteiger partial charge in [-0.1, -0.05) is 89.8 Å². The Morgan fingerprint density at radius 1 is 0.800 bits per heavy atom. The molecule has 0 spiro atoms. The normalized spacial score (nSPS) is 12.6. The van der Waals surface area contributed by atoms with Gasteiger partial charge in [0, 0.05) is 12.7 Å². The van der Waals surface area contributed by atoms with Gasteiger partial charge in [0.2, 0.25) is 0 Å². The van der Waals surface area contributed by atoms with Crippen molar-refractivity contribution in [1.29, 1.82) is 0 Å². The van der Waals surface area contributed by atoms with E-state index in [0.717, 1.165) is 11.7 Å². The summed E-state index contributed by atoms with van der Waals surface area (Å²) in [5.74, 6) is 1.82. The lowest BCUT2D eigenvalue weighted by Crippen LogP contribution is -2.06. The van der Waals surface area contributed by atoms with Crippen molar-refractivity contribution in [2.45, 2.75) is 97.8 Å². The Balaban J connectivity index is 3.71. The van der Waals surface area contributed by atoms with Crippen molar-refractivity contribution < 1.29 is 4.79 Å². The Hall–Kier alpha value is 0.0200. The first-order chi connectivity index (χ1) is 9.70. The van der Waals surface area contributed by atoms with E-state index in [2.05, 4.69) is 13.8 Å². The van der Waals surface area contributed by atoms with Crippen molar-refractivity contribution in [2.75, 3.05) is 5.75 Å². The molecule has 0 aliphatic rings. The van der Waals surface area contributed by atoms with Gasteiger partial charge in [0.15, 0.2) is 5.12 Å². The summed E-state index contributed by atoms with van der Waals surface area (Å²) in [5.41, 5.74) is 0. The molecule has 0 amide bonds. The molecule has 0 aromatic rings. The molecular formula is C18H36OS. The summed E-state index contributed by atoms with van der Waals surface area (Å²) < 4.78 is 0. The van der Waals surface area contributed by atoms with Crippen molar-refractivity contribution in [3.05, 3.63) is 0 Å². The average Bonchev–Trinajstić information content (AvgIpc) is 2.43. The lowest BCUT2D eigenvalue weighted by Gasteiger charge is -2.15. The van der Waals surface area contributed by atoms with Crippen LogP contribution < -0.4 is 0 Å². The maximum absolute atomic E-state index is 11.1. The summed E-state index contributed by atoms with van der Waals surface area (Å²) in [6.07, 6.45) is 16.3. The van der Waals surface area contributed by atoms with Crippen LogP contribution in [0.15, 0.2) is 0 Å². The second kappa shape index (κ2) is 15.4. The molecule has 0 rings (SSSR count). The van der Waals surface area contributed by atoms with Crippen molar-refractivity contribution in [3.8, 4) is 0 Å². The fraction of sp³-hybridized carbons (Fsp3) is 0.944. The second-order valence-corrected chi connectivity index (χ2v) is 7.27. The number of unbranched alkanes of at least 4 members (excludes halogenated alkanes) is 8.